The van der Waals surface area contributed by atoms with Gasteiger partial charge in [0.05, 0.1) is 220 Å². The first-order chi connectivity index (χ1) is 58.0. The molecule has 0 aliphatic heterocycles. The van der Waals surface area contributed by atoms with E-state index in [9.17, 15) is 0 Å². The van der Waals surface area contributed by atoms with Crippen molar-refractivity contribution in [2.45, 2.75) is 6.92 Å². The first-order valence-corrected chi connectivity index (χ1v) is 64.9. The van der Waals surface area contributed by atoms with Gasteiger partial charge in [-0.05, 0) is 0 Å². The molecule has 0 bridgehead atoms. The summed E-state index contributed by atoms with van der Waals surface area (Å²) in [6.45, 7) is 1.43. The third-order valence-corrected chi connectivity index (χ3v) is 0. The molecule has 0 spiro atoms. The van der Waals surface area contributed by atoms with Crippen LogP contribution in [0.15, 0.2) is 0 Å². The second kappa shape index (κ2) is 736. The smallest absolute Gasteiger partial charge is 0.0967 e. The highest BCUT2D eigenvalue weighted by atomic mass is 35.6. The zero-order chi connectivity index (χ0) is 111. The van der Waals surface area contributed by atoms with Crippen molar-refractivity contribution >= 4 is 928 Å². The lowest BCUT2D eigenvalue weighted by molar-refractivity contribution is 1.49. The summed E-state index contributed by atoms with van der Waals surface area (Å²) in [5.74, 6) is 0. The molecule has 0 saturated heterocycles. The Balaban J connectivity index is -0.0000000144. The van der Waals surface area contributed by atoms with Gasteiger partial charge in [-0.2, -0.15) is 5.26 Å². The number of halogens is 80. The summed E-state index contributed by atoms with van der Waals surface area (Å²) in [7, 11) is 0. The Morgan fingerprint density at radius 1 is 0.0813 bits per heavy atom. The van der Waals surface area contributed by atoms with E-state index in [-0.39, 0.29) is 214 Å². The maximum Gasteiger partial charge on any atom is 0.0967 e. The quantitative estimate of drug-likeness (QED) is 0.222. The molecule has 0 radical (unpaired) electrons. The summed E-state index contributed by atoms with van der Waals surface area (Å²) in [4.78, 5) is 0. The standard InChI is InChI=1S/C2H3N.40CH2Cl2/c1-2-3;40*2-1-3/h1H3;40*1H2. The van der Waals surface area contributed by atoms with Gasteiger partial charge in [0.1, 0.15) is 0 Å². The number of nitriles is 1. The van der Waals surface area contributed by atoms with Crippen molar-refractivity contribution in [3.05, 3.63) is 0 Å². The first kappa shape index (κ1) is 278. The topological polar surface area (TPSA) is 23.8 Å². The van der Waals surface area contributed by atoms with Crippen molar-refractivity contribution < 1.29 is 0 Å². The summed E-state index contributed by atoms with van der Waals surface area (Å²) in [5.41, 5.74) is 0. The zero-order valence-corrected chi connectivity index (χ0v) is 121. The SMILES string of the molecule is CC#N.ClCCl.ClCCl.ClCCl.ClCCl.ClCCl.ClCCl.ClCCl.ClCCl.ClCCl.ClCCl.ClCCl.ClCCl.ClCCl.ClCCl.ClCCl.ClCCl.ClCCl.ClCCl.ClCCl.ClCCl.ClCCl.ClCCl.ClCCl.ClCCl.ClCCl.ClCCl.ClCCl.ClCCl.ClCCl.ClCCl.ClCCl.ClCCl.ClCCl.ClCCl.ClCCl.ClCCl.ClCCl.ClCCl.ClCCl.ClCCl. The van der Waals surface area contributed by atoms with Gasteiger partial charge in [0.15, 0.2) is 0 Å². The summed E-state index contributed by atoms with van der Waals surface area (Å²) in [6.07, 6.45) is 0. The molecule has 0 aliphatic rings. The maximum atomic E-state index is 7.32. The fraction of sp³-hybridized carbons (Fsp3) is 0.976. The molecule has 0 aromatic rings. The van der Waals surface area contributed by atoms with Gasteiger partial charge in [-0.3, -0.25) is 0 Å². The predicted molar refractivity (Wildman–Crippen MR) is 674 cm³/mol. The van der Waals surface area contributed by atoms with Crippen LogP contribution in [0, 0.1) is 11.3 Å². The molecule has 0 unspecified atom stereocenters. The van der Waals surface area contributed by atoms with E-state index < -0.39 is 0 Å². The molecule has 123 heavy (non-hydrogen) atoms. The number of hydrogen-bond acceptors (Lipinski definition) is 1. The minimum atomic E-state index is 0.194. The fourth-order valence-electron chi connectivity index (χ4n) is 0. The molecule has 0 saturated carbocycles. The lowest BCUT2D eigenvalue weighted by atomic mass is 11.0. The van der Waals surface area contributed by atoms with Gasteiger partial charge in [0, 0.05) is 6.92 Å². The molecule has 0 fully saturated rings. The van der Waals surface area contributed by atoms with Gasteiger partial charge >= 0.3 is 0 Å². The van der Waals surface area contributed by atoms with Crippen molar-refractivity contribution in [2.75, 3.05) is 214 Å². The molecule has 0 amide bonds. The van der Waals surface area contributed by atoms with Gasteiger partial charge in [0.2, 0.25) is 0 Å². The maximum absolute atomic E-state index is 7.32. The lowest BCUT2D eigenvalue weighted by Crippen LogP contribution is -1.24. The van der Waals surface area contributed by atoms with E-state index in [4.69, 9.17) is 933 Å². The second-order valence-corrected chi connectivity index (χ2v) is 36.6. The normalized spacial score (nSPS) is 5.92. The molecule has 0 rings (SSSR count). The third-order valence-electron chi connectivity index (χ3n) is 0. The van der Waals surface area contributed by atoms with Crippen LogP contribution in [0.25, 0.3) is 0 Å². The summed E-state index contributed by atoms with van der Waals surface area (Å²) < 4.78 is 0. The van der Waals surface area contributed by atoms with Crippen molar-refractivity contribution in [3.8, 4) is 6.07 Å². The van der Waals surface area contributed by atoms with Crippen LogP contribution in [0.3, 0.4) is 0 Å². The molecular weight excluding hydrogens is 3350 g/mol. The van der Waals surface area contributed by atoms with Gasteiger partial charge in [-0.25, -0.2) is 0 Å². The van der Waals surface area contributed by atoms with Crippen LogP contribution in [0.1, 0.15) is 6.92 Å². The third kappa shape index (κ3) is 5720. The first-order valence-electron chi connectivity index (χ1n) is 22.1. The highest BCUT2D eigenvalue weighted by Gasteiger charge is 1.53. The van der Waals surface area contributed by atoms with Crippen molar-refractivity contribution in [3.63, 3.8) is 0 Å². The Labute approximate surface area is 1140 Å². The Kier molecular flexibility index (Phi) is 1670. The van der Waals surface area contributed by atoms with Crippen LogP contribution in [0.4, 0.5) is 0 Å². The van der Waals surface area contributed by atoms with Crippen molar-refractivity contribution in [2.24, 2.45) is 0 Å². The molecular formula is C42H83Cl80N. The highest BCUT2D eigenvalue weighted by molar-refractivity contribution is 6.51. The lowest BCUT2D eigenvalue weighted by Gasteiger charge is -1.42. The molecule has 81 heteroatoms. The minimum absolute atomic E-state index is 0.194. The molecule has 0 N–H and O–H groups in total. The van der Waals surface area contributed by atoms with Gasteiger partial charge in [-0.1, -0.05) is 0 Å². The van der Waals surface area contributed by atoms with Gasteiger partial charge in [0.25, 0.3) is 0 Å². The second-order valence-electron chi connectivity index (χ2n) is 4.26. The van der Waals surface area contributed by atoms with Crippen LogP contribution < -0.4 is 0 Å². The Morgan fingerprint density at radius 2 is 0.0813 bits per heavy atom. The molecule has 0 aromatic heterocycles. The molecule has 0 atom stereocenters. The van der Waals surface area contributed by atoms with Crippen molar-refractivity contribution in [1.82, 2.24) is 0 Å². The molecule has 816 valence electrons. The van der Waals surface area contributed by atoms with Gasteiger partial charge in [-0.15, -0.1) is 928 Å². The number of rotatable bonds is 0. The Hall–Kier alpha value is 22.7. The van der Waals surface area contributed by atoms with E-state index in [1.165, 1.54) is 6.92 Å². The summed E-state index contributed by atoms with van der Waals surface area (Å²) >= 11 is 381. The Bertz CT molecular complexity index is 407. The van der Waals surface area contributed by atoms with Gasteiger partial charge < -0.3 is 0 Å². The summed E-state index contributed by atoms with van der Waals surface area (Å²) in [6, 6.07) is 1.75. The van der Waals surface area contributed by atoms with E-state index in [0.29, 0.717) is 0 Å². The van der Waals surface area contributed by atoms with E-state index >= 15 is 0 Å². The largest absolute Gasteiger partial charge is 0.199 e. The monoisotopic (exact) mass is 3400 g/mol. The zero-order valence-electron chi connectivity index (χ0n) is 60.5. The van der Waals surface area contributed by atoms with Crippen LogP contribution in [0.5, 0.6) is 0 Å². The summed E-state index contributed by atoms with van der Waals surface area (Å²) in [5, 5.41) is 15.1. The van der Waals surface area contributed by atoms with Crippen molar-refractivity contribution in [1.29, 1.82) is 5.26 Å². The average molecular weight is 3440 g/mol. The highest BCUT2D eigenvalue weighted by Crippen LogP contribution is 1.84. The number of alkyl halides is 80. The molecule has 0 aliphatic carbocycles. The molecule has 0 heterocycles. The Morgan fingerprint density at radius 3 is 0.0813 bits per heavy atom. The minimum Gasteiger partial charge on any atom is -0.199 e. The van der Waals surface area contributed by atoms with E-state index in [0.717, 1.165) is 0 Å². The van der Waals surface area contributed by atoms with Crippen LogP contribution in [-0.2, 0) is 0 Å². The fourth-order valence-corrected chi connectivity index (χ4v) is 0. The number of nitrogens with zero attached hydrogens (tertiary/aromatic N) is 1. The predicted octanol–water partition coefficient (Wildman–Crippen LogP) is 57.4. The van der Waals surface area contributed by atoms with Crippen LogP contribution in [0.2, 0.25) is 0 Å². The molecule has 1 nitrogen and oxygen atoms in total. The van der Waals surface area contributed by atoms with Crippen LogP contribution >= 0.6 is 928 Å². The van der Waals surface area contributed by atoms with Crippen LogP contribution in [-0.4, -0.2) is 214 Å². The number of hydrogen-bond donors (Lipinski definition) is 0. The van der Waals surface area contributed by atoms with E-state index in [2.05, 4.69) is 0 Å². The molecule has 0 aromatic carbocycles. The van der Waals surface area contributed by atoms with E-state index in [1.807, 2.05) is 0 Å². The average Bonchev–Trinajstić information content (AvgIpc) is 3.64. The van der Waals surface area contributed by atoms with E-state index in [1.54, 1.807) is 6.07 Å².